The molecule has 36 heavy (non-hydrogen) atoms. The van der Waals surface area contributed by atoms with E-state index in [1.165, 1.54) is 0 Å². The number of rotatable bonds is 7. The molecule has 0 radical (unpaired) electrons. The molecule has 0 saturated heterocycles. The van der Waals surface area contributed by atoms with E-state index in [1.807, 2.05) is 71.5 Å². The molecule has 0 bridgehead atoms. The van der Waals surface area contributed by atoms with Gasteiger partial charge < -0.3 is 4.42 Å². The molecule has 0 unspecified atom stereocenters. The summed E-state index contributed by atoms with van der Waals surface area (Å²) in [6, 6.07) is 22.9. The van der Waals surface area contributed by atoms with Gasteiger partial charge in [-0.2, -0.15) is 14.6 Å². The maximum absolute atomic E-state index is 13.8. The molecule has 1 N–H and O–H groups in total. The van der Waals surface area contributed by atoms with Crippen LogP contribution >= 0.6 is 0 Å². The lowest BCUT2D eigenvalue weighted by Gasteiger charge is -2.17. The van der Waals surface area contributed by atoms with Gasteiger partial charge in [0.2, 0.25) is 17.7 Å². The molecule has 0 aliphatic heterocycles. The van der Waals surface area contributed by atoms with E-state index in [-0.39, 0.29) is 11.9 Å². The average Bonchev–Trinajstić information content (AvgIpc) is 3.65. The van der Waals surface area contributed by atoms with Crippen LogP contribution in [0.4, 0.5) is 5.95 Å². The maximum Gasteiger partial charge on any atom is 0.238 e. The monoisotopic (exact) mass is 477 g/mol. The first-order valence-corrected chi connectivity index (χ1v) is 11.8. The Morgan fingerprint density at radius 1 is 0.944 bits per heavy atom. The van der Waals surface area contributed by atoms with E-state index in [0.29, 0.717) is 22.9 Å². The van der Waals surface area contributed by atoms with Crippen LogP contribution < -0.4 is 5.32 Å². The molecule has 6 aromatic rings. The van der Waals surface area contributed by atoms with Gasteiger partial charge in [-0.3, -0.25) is 14.8 Å². The van der Waals surface area contributed by atoms with Crippen LogP contribution in [0.5, 0.6) is 0 Å². The minimum Gasteiger partial charge on any atom is -0.461 e. The van der Waals surface area contributed by atoms with Crippen molar-refractivity contribution in [3.05, 3.63) is 96.4 Å². The third-order valence-corrected chi connectivity index (χ3v) is 5.96. The van der Waals surface area contributed by atoms with Crippen LogP contribution in [0.2, 0.25) is 0 Å². The summed E-state index contributed by atoms with van der Waals surface area (Å²) in [5.74, 6) is 0.396. The number of nitrogens with zero attached hydrogens (tertiary/aromatic N) is 6. The van der Waals surface area contributed by atoms with E-state index in [9.17, 15) is 4.79 Å². The van der Waals surface area contributed by atoms with Gasteiger partial charge in [0, 0.05) is 12.7 Å². The molecule has 9 nitrogen and oxygen atoms in total. The first-order chi connectivity index (χ1) is 17.7. The van der Waals surface area contributed by atoms with Gasteiger partial charge in [-0.1, -0.05) is 67.6 Å². The van der Waals surface area contributed by atoms with Gasteiger partial charge in [0.05, 0.1) is 17.6 Å². The van der Waals surface area contributed by atoms with Crippen molar-refractivity contribution >= 4 is 28.5 Å². The molecule has 178 valence electrons. The van der Waals surface area contributed by atoms with Crippen LogP contribution in [0.1, 0.15) is 30.4 Å². The number of fused-ring (bicyclic) bond motifs is 3. The van der Waals surface area contributed by atoms with E-state index in [1.54, 1.807) is 22.9 Å². The molecule has 0 aliphatic rings. The number of aromatic nitrogens is 6. The van der Waals surface area contributed by atoms with E-state index >= 15 is 0 Å². The Balaban J connectivity index is 1.48. The van der Waals surface area contributed by atoms with Gasteiger partial charge >= 0.3 is 0 Å². The third kappa shape index (κ3) is 3.90. The Morgan fingerprint density at radius 3 is 2.31 bits per heavy atom. The minimum atomic E-state index is -0.536. The Morgan fingerprint density at radius 2 is 1.67 bits per heavy atom. The number of anilines is 1. The van der Waals surface area contributed by atoms with Crippen molar-refractivity contribution in [1.82, 2.24) is 29.4 Å². The Kier molecular flexibility index (Phi) is 5.49. The topological polar surface area (TPSA) is 103 Å². The second-order valence-corrected chi connectivity index (χ2v) is 8.46. The lowest BCUT2D eigenvalue weighted by atomic mass is 9.90. The fourth-order valence-corrected chi connectivity index (χ4v) is 4.34. The van der Waals surface area contributed by atoms with Crippen LogP contribution in [-0.4, -0.2) is 35.3 Å². The smallest absolute Gasteiger partial charge is 0.238 e. The summed E-state index contributed by atoms with van der Waals surface area (Å²) in [4.78, 5) is 23.2. The van der Waals surface area contributed by atoms with Gasteiger partial charge in [-0.05, 0) is 29.7 Å². The molecule has 0 saturated carbocycles. The number of hydrogen-bond acceptors (Lipinski definition) is 6. The van der Waals surface area contributed by atoms with Gasteiger partial charge in [0.1, 0.15) is 0 Å². The molecule has 1 amide bonds. The number of carbonyl (C=O) groups excluding carboxylic acids is 1. The molecule has 0 spiro atoms. The largest absolute Gasteiger partial charge is 0.461 e. The predicted octanol–water partition coefficient (Wildman–Crippen LogP) is 4.91. The molecule has 4 aromatic heterocycles. The van der Waals surface area contributed by atoms with Crippen molar-refractivity contribution in [3.8, 4) is 11.6 Å². The lowest BCUT2D eigenvalue weighted by Crippen LogP contribution is -2.24. The number of furan rings is 1. The summed E-state index contributed by atoms with van der Waals surface area (Å²) in [6.07, 6.45) is 4.40. The molecular weight excluding hydrogens is 454 g/mol. The second kappa shape index (κ2) is 9.10. The van der Waals surface area contributed by atoms with E-state index < -0.39 is 5.92 Å². The van der Waals surface area contributed by atoms with Crippen molar-refractivity contribution in [2.24, 2.45) is 0 Å². The number of benzene rings is 2. The summed E-state index contributed by atoms with van der Waals surface area (Å²) < 4.78 is 8.89. The normalized spacial score (nSPS) is 11.5. The van der Waals surface area contributed by atoms with Gasteiger partial charge in [0.25, 0.3) is 0 Å². The predicted molar refractivity (Wildman–Crippen MR) is 135 cm³/mol. The zero-order chi connectivity index (χ0) is 24.5. The van der Waals surface area contributed by atoms with E-state index in [0.717, 1.165) is 29.5 Å². The first kappa shape index (κ1) is 21.7. The fraction of sp³-hybridized carbons (Fsp3) is 0.148. The van der Waals surface area contributed by atoms with Gasteiger partial charge in [0.15, 0.2) is 17.1 Å². The highest BCUT2D eigenvalue weighted by atomic mass is 16.3. The standard InChI is InChI=1S/C27H23N7O2/c1-2-15-33-17-20-23(31-33)29-27(34-25(20)28-24(32-34)21-14-9-16-36-21)30-26(35)22(18-10-5-3-6-11-18)19-12-7-4-8-13-19/h3-14,16-17,22H,2,15H2,1H3,(H,29,30,31,35). The highest BCUT2D eigenvalue weighted by molar-refractivity contribution is 5.99. The van der Waals surface area contributed by atoms with Crippen molar-refractivity contribution in [1.29, 1.82) is 0 Å². The molecule has 6 rings (SSSR count). The molecule has 9 heteroatoms. The van der Waals surface area contributed by atoms with Gasteiger partial charge in [-0.25, -0.2) is 4.98 Å². The molecule has 0 fully saturated rings. The summed E-state index contributed by atoms with van der Waals surface area (Å²) in [6.45, 7) is 2.83. The quantitative estimate of drug-likeness (QED) is 0.350. The molecular formula is C27H23N7O2. The van der Waals surface area contributed by atoms with Crippen LogP contribution in [0, 0.1) is 0 Å². The number of nitrogens with one attached hydrogen (secondary N) is 1. The van der Waals surface area contributed by atoms with E-state index in [4.69, 9.17) is 9.40 Å². The van der Waals surface area contributed by atoms with Crippen molar-refractivity contribution < 1.29 is 9.21 Å². The van der Waals surface area contributed by atoms with Crippen LogP contribution in [0.3, 0.4) is 0 Å². The summed E-state index contributed by atoms with van der Waals surface area (Å²) >= 11 is 0. The lowest BCUT2D eigenvalue weighted by molar-refractivity contribution is -0.116. The summed E-state index contributed by atoms with van der Waals surface area (Å²) in [5.41, 5.74) is 2.78. The Labute approximate surface area is 206 Å². The number of amides is 1. The highest BCUT2D eigenvalue weighted by Gasteiger charge is 2.25. The van der Waals surface area contributed by atoms with Gasteiger partial charge in [-0.15, -0.1) is 5.10 Å². The van der Waals surface area contributed by atoms with Crippen molar-refractivity contribution in [2.75, 3.05) is 5.32 Å². The zero-order valence-corrected chi connectivity index (χ0v) is 19.6. The van der Waals surface area contributed by atoms with Crippen molar-refractivity contribution in [2.45, 2.75) is 25.8 Å². The molecule has 0 aliphatic carbocycles. The van der Waals surface area contributed by atoms with E-state index in [2.05, 4.69) is 27.4 Å². The zero-order valence-electron chi connectivity index (χ0n) is 19.6. The average molecular weight is 478 g/mol. The number of carbonyl (C=O) groups is 1. The van der Waals surface area contributed by atoms with Crippen LogP contribution in [0.25, 0.3) is 28.3 Å². The number of aryl methyl sites for hydroxylation is 1. The third-order valence-electron chi connectivity index (χ3n) is 5.96. The molecule has 0 atom stereocenters. The first-order valence-electron chi connectivity index (χ1n) is 11.8. The fourth-order valence-electron chi connectivity index (χ4n) is 4.34. The second-order valence-electron chi connectivity index (χ2n) is 8.46. The Hall–Kier alpha value is -4.79. The number of hydrogen-bond donors (Lipinski definition) is 1. The SMILES string of the molecule is CCCn1cc2c(nc(NC(=O)C(c3ccccc3)c3ccccc3)n3nc(-c4ccco4)nc23)n1. The summed E-state index contributed by atoms with van der Waals surface area (Å²) in [5, 5.41) is 13.0. The molecule has 4 heterocycles. The van der Waals surface area contributed by atoms with Crippen LogP contribution in [0.15, 0.2) is 89.7 Å². The molecule has 2 aromatic carbocycles. The van der Waals surface area contributed by atoms with Crippen LogP contribution in [-0.2, 0) is 11.3 Å². The minimum absolute atomic E-state index is 0.233. The Bertz CT molecular complexity index is 1600. The highest BCUT2D eigenvalue weighted by Crippen LogP contribution is 2.28. The van der Waals surface area contributed by atoms with Crippen molar-refractivity contribution in [3.63, 3.8) is 0 Å². The maximum atomic E-state index is 13.8. The summed E-state index contributed by atoms with van der Waals surface area (Å²) in [7, 11) is 0.